The number of rotatable bonds is 3. The Morgan fingerprint density at radius 1 is 1.06 bits per heavy atom. The molecule has 0 radical (unpaired) electrons. The van der Waals surface area contributed by atoms with E-state index in [1.165, 1.54) is 0 Å². The molecule has 2 aromatic heterocycles. The quantitative estimate of drug-likeness (QED) is 0.697. The maximum absolute atomic E-state index is 12.5. The first kappa shape index (κ1) is 20.9. The smallest absolute Gasteiger partial charge is 0.317 e. The van der Waals surface area contributed by atoms with Gasteiger partial charge in [0, 0.05) is 31.7 Å². The number of anilines is 1. The number of piperazine rings is 1. The van der Waals surface area contributed by atoms with Crippen molar-refractivity contribution < 1.29 is 9.53 Å². The summed E-state index contributed by atoms with van der Waals surface area (Å²) in [5, 5.41) is 8.50. The second-order valence-corrected chi connectivity index (χ2v) is 8.74. The van der Waals surface area contributed by atoms with Crippen molar-refractivity contribution in [2.45, 2.75) is 33.2 Å². The van der Waals surface area contributed by atoms with Crippen LogP contribution in [0.25, 0.3) is 16.7 Å². The number of fused-ring (bicyclic) bond motifs is 1. The van der Waals surface area contributed by atoms with E-state index in [-0.39, 0.29) is 11.6 Å². The summed E-state index contributed by atoms with van der Waals surface area (Å²) in [5.74, 6) is 2.34. The fourth-order valence-corrected chi connectivity index (χ4v) is 3.67. The van der Waals surface area contributed by atoms with Gasteiger partial charge >= 0.3 is 6.03 Å². The first-order valence-electron chi connectivity index (χ1n) is 10.4. The highest BCUT2D eigenvalue weighted by atomic mass is 16.5. The third-order valence-electron chi connectivity index (χ3n) is 5.19. The molecule has 1 aliphatic heterocycles. The number of nitrogens with one attached hydrogen (secondary N) is 1. The third kappa shape index (κ3) is 4.40. The molecule has 2 amide bonds. The van der Waals surface area contributed by atoms with Crippen LogP contribution in [0.5, 0.6) is 5.75 Å². The lowest BCUT2D eigenvalue weighted by Gasteiger charge is -2.37. The second-order valence-electron chi connectivity index (χ2n) is 8.74. The second kappa shape index (κ2) is 8.05. The molecule has 3 aromatic rings. The van der Waals surface area contributed by atoms with Gasteiger partial charge in [-0.15, -0.1) is 0 Å². The van der Waals surface area contributed by atoms with Crippen LogP contribution in [-0.4, -0.2) is 69.5 Å². The fraction of sp³-hybridized carbons (Fsp3) is 0.455. The number of aryl methyl sites for hydroxylation is 1. The molecule has 1 saturated heterocycles. The van der Waals surface area contributed by atoms with Gasteiger partial charge in [0.2, 0.25) is 0 Å². The Morgan fingerprint density at radius 3 is 2.35 bits per heavy atom. The number of carbonyl (C=O) groups excluding carboxylic acids is 1. The summed E-state index contributed by atoms with van der Waals surface area (Å²) in [6.45, 7) is 10.5. The summed E-state index contributed by atoms with van der Waals surface area (Å²) in [6, 6.07) is 7.69. The largest absolute Gasteiger partial charge is 0.497 e. The van der Waals surface area contributed by atoms with E-state index in [9.17, 15) is 4.79 Å². The van der Waals surface area contributed by atoms with Crippen LogP contribution in [0.1, 0.15) is 26.6 Å². The SMILES string of the molecule is COc1ccc(-n2ncc3c(N4CCN(C(=O)NC(C)(C)C)CC4)nc(C)nc32)cc1. The van der Waals surface area contributed by atoms with Crippen LogP contribution < -0.4 is 15.0 Å². The number of nitrogens with zero attached hydrogens (tertiary/aromatic N) is 6. The molecule has 0 aliphatic carbocycles. The number of ether oxygens (including phenoxy) is 1. The maximum Gasteiger partial charge on any atom is 0.317 e. The van der Waals surface area contributed by atoms with E-state index in [1.54, 1.807) is 7.11 Å². The highest BCUT2D eigenvalue weighted by Gasteiger charge is 2.26. The highest BCUT2D eigenvalue weighted by Crippen LogP contribution is 2.27. The molecule has 3 heterocycles. The lowest BCUT2D eigenvalue weighted by molar-refractivity contribution is 0.185. The molecule has 31 heavy (non-hydrogen) atoms. The maximum atomic E-state index is 12.5. The van der Waals surface area contributed by atoms with Crippen LogP contribution in [0.15, 0.2) is 30.5 Å². The van der Waals surface area contributed by atoms with Gasteiger partial charge in [-0.2, -0.15) is 5.10 Å². The van der Waals surface area contributed by atoms with Crippen molar-refractivity contribution in [2.75, 3.05) is 38.2 Å². The molecule has 4 rings (SSSR count). The van der Waals surface area contributed by atoms with Crippen molar-refractivity contribution in [3.63, 3.8) is 0 Å². The Morgan fingerprint density at radius 2 is 1.74 bits per heavy atom. The van der Waals surface area contributed by atoms with Crippen molar-refractivity contribution in [3.8, 4) is 11.4 Å². The van der Waals surface area contributed by atoms with Gasteiger partial charge in [-0.1, -0.05) is 0 Å². The molecule has 1 fully saturated rings. The molecule has 0 spiro atoms. The summed E-state index contributed by atoms with van der Waals surface area (Å²) in [5.41, 5.74) is 1.42. The number of hydrogen-bond donors (Lipinski definition) is 1. The van der Waals surface area contributed by atoms with E-state index in [0.717, 1.165) is 28.3 Å². The van der Waals surface area contributed by atoms with Crippen molar-refractivity contribution in [1.29, 1.82) is 0 Å². The number of methoxy groups -OCH3 is 1. The van der Waals surface area contributed by atoms with E-state index in [2.05, 4.69) is 20.3 Å². The molecule has 1 aromatic carbocycles. The van der Waals surface area contributed by atoms with Gasteiger partial charge < -0.3 is 19.9 Å². The Hall–Kier alpha value is -3.36. The number of hydrogen-bond acceptors (Lipinski definition) is 6. The number of urea groups is 1. The van der Waals surface area contributed by atoms with Gasteiger partial charge in [0.15, 0.2) is 5.65 Å². The summed E-state index contributed by atoms with van der Waals surface area (Å²) in [6.07, 6.45) is 1.81. The minimum atomic E-state index is -0.250. The number of amides is 2. The van der Waals surface area contributed by atoms with Crippen molar-refractivity contribution in [1.82, 2.24) is 30.0 Å². The molecule has 9 nitrogen and oxygen atoms in total. The van der Waals surface area contributed by atoms with E-state index in [1.807, 2.05) is 67.7 Å². The summed E-state index contributed by atoms with van der Waals surface area (Å²) in [4.78, 5) is 25.9. The highest BCUT2D eigenvalue weighted by molar-refractivity contribution is 5.88. The van der Waals surface area contributed by atoms with Crippen LogP contribution >= 0.6 is 0 Å². The lowest BCUT2D eigenvalue weighted by Crippen LogP contribution is -2.55. The van der Waals surface area contributed by atoms with Crippen LogP contribution in [-0.2, 0) is 0 Å². The fourth-order valence-electron chi connectivity index (χ4n) is 3.67. The molecule has 0 unspecified atom stereocenters. The number of carbonyl (C=O) groups is 1. The van der Waals surface area contributed by atoms with Crippen molar-refractivity contribution >= 4 is 22.9 Å². The van der Waals surface area contributed by atoms with Gasteiger partial charge in [0.25, 0.3) is 0 Å². The summed E-state index contributed by atoms with van der Waals surface area (Å²) < 4.78 is 7.07. The average molecular weight is 424 g/mol. The van der Waals surface area contributed by atoms with Crippen LogP contribution in [0, 0.1) is 6.92 Å². The zero-order valence-corrected chi connectivity index (χ0v) is 18.7. The lowest BCUT2D eigenvalue weighted by atomic mass is 10.1. The molecule has 0 saturated carbocycles. The monoisotopic (exact) mass is 423 g/mol. The predicted octanol–water partition coefficient (Wildman–Crippen LogP) is 2.76. The number of benzene rings is 1. The molecule has 0 bridgehead atoms. The molecule has 9 heteroatoms. The van der Waals surface area contributed by atoms with E-state index in [0.29, 0.717) is 32.0 Å². The first-order valence-corrected chi connectivity index (χ1v) is 10.4. The topological polar surface area (TPSA) is 88.4 Å². The van der Waals surface area contributed by atoms with Gasteiger partial charge in [0.05, 0.1) is 24.4 Å². The average Bonchev–Trinajstić information content (AvgIpc) is 3.16. The minimum absolute atomic E-state index is 0.0245. The van der Waals surface area contributed by atoms with Crippen LogP contribution in [0.4, 0.5) is 10.6 Å². The van der Waals surface area contributed by atoms with E-state index >= 15 is 0 Å². The molecule has 164 valence electrons. The Kier molecular flexibility index (Phi) is 5.43. The van der Waals surface area contributed by atoms with Gasteiger partial charge in [-0.05, 0) is 52.0 Å². The Balaban J connectivity index is 1.58. The van der Waals surface area contributed by atoms with Crippen LogP contribution in [0.2, 0.25) is 0 Å². The third-order valence-corrected chi connectivity index (χ3v) is 5.19. The molecule has 0 atom stereocenters. The van der Waals surface area contributed by atoms with Gasteiger partial charge in [-0.25, -0.2) is 19.4 Å². The zero-order valence-electron chi connectivity index (χ0n) is 18.7. The zero-order chi connectivity index (χ0) is 22.2. The molecular weight excluding hydrogens is 394 g/mol. The van der Waals surface area contributed by atoms with Gasteiger partial charge in [-0.3, -0.25) is 0 Å². The van der Waals surface area contributed by atoms with E-state index in [4.69, 9.17) is 9.72 Å². The standard InChI is InChI=1S/C22H29N7O2/c1-15-24-19(27-10-12-28(13-11-27)21(30)26-22(2,3)4)18-14-23-29(20(18)25-15)16-6-8-17(31-5)9-7-16/h6-9,14H,10-13H2,1-5H3,(H,26,30). The minimum Gasteiger partial charge on any atom is -0.497 e. The summed E-state index contributed by atoms with van der Waals surface area (Å²) >= 11 is 0. The molecule has 1 N–H and O–H groups in total. The van der Waals surface area contributed by atoms with Gasteiger partial charge in [0.1, 0.15) is 17.4 Å². The predicted molar refractivity (Wildman–Crippen MR) is 120 cm³/mol. The van der Waals surface area contributed by atoms with Crippen LogP contribution in [0.3, 0.4) is 0 Å². The number of aromatic nitrogens is 4. The normalized spacial score (nSPS) is 14.7. The first-order chi connectivity index (χ1) is 14.7. The summed E-state index contributed by atoms with van der Waals surface area (Å²) in [7, 11) is 1.65. The van der Waals surface area contributed by atoms with E-state index < -0.39 is 0 Å². The van der Waals surface area contributed by atoms with Crippen molar-refractivity contribution in [2.24, 2.45) is 0 Å². The Labute approximate surface area is 182 Å². The molecule has 1 aliphatic rings. The van der Waals surface area contributed by atoms with Crippen molar-refractivity contribution in [3.05, 3.63) is 36.3 Å². The Bertz CT molecular complexity index is 1080. The molecular formula is C22H29N7O2.